The Labute approximate surface area is 189 Å². The van der Waals surface area contributed by atoms with Gasteiger partial charge >= 0.3 is 0 Å². The van der Waals surface area contributed by atoms with E-state index in [4.69, 9.17) is 0 Å². The molecule has 0 unspecified atom stereocenters. The maximum absolute atomic E-state index is 12.7. The zero-order valence-corrected chi connectivity index (χ0v) is 19.0. The standard InChI is InChI=1S/C25H33N3O4/c1-18-7-9-20-21(17-18)25(32)28(24(20)31)12-11-23(30)27-15-13-26(14-16-27)22(29)10-8-19-5-3-2-4-6-19/h7,9,17,19H,2-6,8,10-16H2,1H3. The molecule has 1 saturated heterocycles. The van der Waals surface area contributed by atoms with Crippen LogP contribution in [-0.2, 0) is 9.59 Å². The Balaban J connectivity index is 1.21. The van der Waals surface area contributed by atoms with E-state index in [0.29, 0.717) is 49.6 Å². The molecule has 2 fully saturated rings. The Bertz CT molecular complexity index is 898. The first kappa shape index (κ1) is 22.5. The van der Waals surface area contributed by atoms with Crippen LogP contribution < -0.4 is 0 Å². The summed E-state index contributed by atoms with van der Waals surface area (Å²) in [5.41, 5.74) is 1.75. The summed E-state index contributed by atoms with van der Waals surface area (Å²) in [6, 6.07) is 5.22. The molecule has 1 aromatic carbocycles. The number of imide groups is 1. The van der Waals surface area contributed by atoms with Crippen LogP contribution in [0.5, 0.6) is 0 Å². The molecule has 172 valence electrons. The zero-order chi connectivity index (χ0) is 22.7. The topological polar surface area (TPSA) is 78.0 Å². The van der Waals surface area contributed by atoms with E-state index in [1.807, 2.05) is 17.9 Å². The average Bonchev–Trinajstić information content (AvgIpc) is 3.05. The Morgan fingerprint density at radius 3 is 2.09 bits per heavy atom. The van der Waals surface area contributed by atoms with E-state index in [0.717, 1.165) is 12.0 Å². The van der Waals surface area contributed by atoms with Crippen LogP contribution in [0.15, 0.2) is 18.2 Å². The molecule has 2 aliphatic heterocycles. The third-order valence-corrected chi connectivity index (χ3v) is 7.15. The van der Waals surface area contributed by atoms with E-state index in [1.54, 1.807) is 17.0 Å². The van der Waals surface area contributed by atoms with Crippen LogP contribution in [-0.4, -0.2) is 71.1 Å². The van der Waals surface area contributed by atoms with Crippen molar-refractivity contribution in [3.05, 3.63) is 34.9 Å². The molecule has 4 rings (SSSR count). The second-order valence-corrected chi connectivity index (χ2v) is 9.37. The van der Waals surface area contributed by atoms with Crippen molar-refractivity contribution in [3.8, 4) is 0 Å². The van der Waals surface area contributed by atoms with Gasteiger partial charge in [-0.25, -0.2) is 0 Å². The van der Waals surface area contributed by atoms with Crippen molar-refractivity contribution in [2.75, 3.05) is 32.7 Å². The van der Waals surface area contributed by atoms with E-state index < -0.39 is 0 Å². The summed E-state index contributed by atoms with van der Waals surface area (Å²) < 4.78 is 0. The lowest BCUT2D eigenvalue weighted by atomic mass is 9.86. The highest BCUT2D eigenvalue weighted by Crippen LogP contribution is 2.28. The predicted molar refractivity (Wildman–Crippen MR) is 120 cm³/mol. The number of benzene rings is 1. The lowest BCUT2D eigenvalue weighted by Crippen LogP contribution is -2.51. The molecular weight excluding hydrogens is 406 g/mol. The molecule has 7 nitrogen and oxygen atoms in total. The van der Waals surface area contributed by atoms with Gasteiger partial charge in [-0.2, -0.15) is 0 Å². The molecule has 0 atom stereocenters. The van der Waals surface area contributed by atoms with Gasteiger partial charge in [0.2, 0.25) is 11.8 Å². The molecule has 0 N–H and O–H groups in total. The third-order valence-electron chi connectivity index (χ3n) is 7.15. The predicted octanol–water partition coefficient (Wildman–Crippen LogP) is 3.01. The first-order valence-electron chi connectivity index (χ1n) is 12.0. The second kappa shape index (κ2) is 9.84. The molecule has 2 heterocycles. The lowest BCUT2D eigenvalue weighted by Gasteiger charge is -2.35. The van der Waals surface area contributed by atoms with E-state index in [1.165, 1.54) is 37.0 Å². The van der Waals surface area contributed by atoms with Crippen molar-refractivity contribution in [1.29, 1.82) is 0 Å². The highest BCUT2D eigenvalue weighted by Gasteiger charge is 2.36. The van der Waals surface area contributed by atoms with Gasteiger partial charge in [-0.3, -0.25) is 24.1 Å². The van der Waals surface area contributed by atoms with Gasteiger partial charge in [0.15, 0.2) is 0 Å². The van der Waals surface area contributed by atoms with Gasteiger partial charge in [0.05, 0.1) is 11.1 Å². The van der Waals surface area contributed by atoms with Gasteiger partial charge in [-0.15, -0.1) is 0 Å². The van der Waals surface area contributed by atoms with E-state index in [9.17, 15) is 19.2 Å². The molecule has 32 heavy (non-hydrogen) atoms. The van der Waals surface area contributed by atoms with E-state index in [-0.39, 0.29) is 36.6 Å². The number of rotatable bonds is 6. The van der Waals surface area contributed by atoms with Gasteiger partial charge in [-0.05, 0) is 31.4 Å². The van der Waals surface area contributed by atoms with Gasteiger partial charge in [0, 0.05) is 45.6 Å². The number of aryl methyl sites for hydroxylation is 1. The summed E-state index contributed by atoms with van der Waals surface area (Å²) in [6.07, 6.45) is 8.12. The largest absolute Gasteiger partial charge is 0.339 e. The van der Waals surface area contributed by atoms with Crippen molar-refractivity contribution in [1.82, 2.24) is 14.7 Å². The molecule has 7 heteroatoms. The first-order chi connectivity index (χ1) is 15.4. The van der Waals surface area contributed by atoms with Crippen LogP contribution in [0.2, 0.25) is 0 Å². The number of nitrogens with zero attached hydrogens (tertiary/aromatic N) is 3. The summed E-state index contributed by atoms with van der Waals surface area (Å²) in [5, 5.41) is 0. The molecule has 1 aliphatic carbocycles. The highest BCUT2D eigenvalue weighted by atomic mass is 16.2. The summed E-state index contributed by atoms with van der Waals surface area (Å²) in [7, 11) is 0. The number of carbonyl (C=O) groups excluding carboxylic acids is 4. The molecule has 0 radical (unpaired) electrons. The lowest BCUT2D eigenvalue weighted by molar-refractivity contribution is -0.139. The number of hydrogen-bond acceptors (Lipinski definition) is 4. The van der Waals surface area contributed by atoms with Crippen LogP contribution in [0.1, 0.15) is 77.6 Å². The maximum atomic E-state index is 12.7. The summed E-state index contributed by atoms with van der Waals surface area (Å²) in [6.45, 7) is 4.10. The monoisotopic (exact) mass is 439 g/mol. The number of carbonyl (C=O) groups is 4. The number of hydrogen-bond donors (Lipinski definition) is 0. The number of amides is 4. The fourth-order valence-electron chi connectivity index (χ4n) is 5.14. The summed E-state index contributed by atoms with van der Waals surface area (Å²) in [4.78, 5) is 55.1. The SMILES string of the molecule is Cc1ccc2c(c1)C(=O)N(CCC(=O)N1CCN(C(=O)CCC3CCCCC3)CC1)C2=O. The molecule has 4 amide bonds. The van der Waals surface area contributed by atoms with Gasteiger partial charge in [0.25, 0.3) is 11.8 Å². The normalized spacial score (nSPS) is 19.5. The Hall–Kier alpha value is -2.70. The molecule has 0 spiro atoms. The zero-order valence-electron chi connectivity index (χ0n) is 19.0. The summed E-state index contributed by atoms with van der Waals surface area (Å²) in [5.74, 6) is 0.165. The molecule has 0 aromatic heterocycles. The van der Waals surface area contributed by atoms with Crippen LogP contribution in [0.3, 0.4) is 0 Å². The van der Waals surface area contributed by atoms with Crippen molar-refractivity contribution in [2.45, 2.75) is 58.3 Å². The fraction of sp³-hybridized carbons (Fsp3) is 0.600. The average molecular weight is 440 g/mol. The van der Waals surface area contributed by atoms with Crippen molar-refractivity contribution in [2.24, 2.45) is 5.92 Å². The van der Waals surface area contributed by atoms with Crippen molar-refractivity contribution < 1.29 is 19.2 Å². The van der Waals surface area contributed by atoms with Crippen LogP contribution in [0.4, 0.5) is 0 Å². The minimum Gasteiger partial charge on any atom is -0.339 e. The van der Waals surface area contributed by atoms with Crippen LogP contribution >= 0.6 is 0 Å². The Morgan fingerprint density at radius 1 is 0.844 bits per heavy atom. The smallest absolute Gasteiger partial charge is 0.261 e. The Morgan fingerprint density at radius 2 is 1.44 bits per heavy atom. The van der Waals surface area contributed by atoms with Crippen molar-refractivity contribution >= 4 is 23.6 Å². The fourth-order valence-corrected chi connectivity index (χ4v) is 5.14. The summed E-state index contributed by atoms with van der Waals surface area (Å²) >= 11 is 0. The van der Waals surface area contributed by atoms with Crippen LogP contribution in [0.25, 0.3) is 0 Å². The minimum atomic E-state index is -0.328. The number of fused-ring (bicyclic) bond motifs is 1. The van der Waals surface area contributed by atoms with Crippen molar-refractivity contribution in [3.63, 3.8) is 0 Å². The number of piperazine rings is 1. The molecule has 0 bridgehead atoms. The van der Waals surface area contributed by atoms with Gasteiger partial charge in [0.1, 0.15) is 0 Å². The molecule has 1 aromatic rings. The quantitative estimate of drug-likeness (QED) is 0.639. The maximum Gasteiger partial charge on any atom is 0.261 e. The van der Waals surface area contributed by atoms with E-state index >= 15 is 0 Å². The van der Waals surface area contributed by atoms with E-state index in [2.05, 4.69) is 0 Å². The van der Waals surface area contributed by atoms with Crippen LogP contribution in [0, 0.1) is 12.8 Å². The van der Waals surface area contributed by atoms with Gasteiger partial charge in [-0.1, -0.05) is 43.7 Å². The molecule has 1 saturated carbocycles. The minimum absolute atomic E-state index is 0.0768. The Kier molecular flexibility index (Phi) is 6.92. The first-order valence-corrected chi connectivity index (χ1v) is 12.0. The van der Waals surface area contributed by atoms with Gasteiger partial charge < -0.3 is 9.80 Å². The molecular formula is C25H33N3O4. The molecule has 3 aliphatic rings. The third kappa shape index (κ3) is 4.87. The highest BCUT2D eigenvalue weighted by molar-refractivity contribution is 6.21. The second-order valence-electron chi connectivity index (χ2n) is 9.37.